The standard InChI is InChI=1S/C11H18N2O3S/c1-4-10(2,7-12)9(14)13-11(3)5-6-17(15,16)8-11/h4-6,8H2,1-3H3,(H,13,14). The van der Waals surface area contributed by atoms with E-state index in [1.807, 2.05) is 6.07 Å². The molecule has 1 aliphatic heterocycles. The first kappa shape index (κ1) is 14.0. The van der Waals surface area contributed by atoms with Crippen LogP contribution in [0.1, 0.15) is 33.6 Å². The van der Waals surface area contributed by atoms with Gasteiger partial charge in [0.25, 0.3) is 0 Å². The molecule has 2 unspecified atom stereocenters. The average Bonchev–Trinajstić information content (AvgIpc) is 2.51. The third kappa shape index (κ3) is 2.97. The molecule has 0 aliphatic carbocycles. The maximum absolute atomic E-state index is 12.0. The highest BCUT2D eigenvalue weighted by Gasteiger charge is 2.42. The molecule has 0 bridgehead atoms. The monoisotopic (exact) mass is 258 g/mol. The van der Waals surface area contributed by atoms with Gasteiger partial charge >= 0.3 is 0 Å². The molecule has 5 nitrogen and oxygen atoms in total. The van der Waals surface area contributed by atoms with Crippen molar-refractivity contribution in [3.05, 3.63) is 0 Å². The molecule has 1 heterocycles. The van der Waals surface area contributed by atoms with Crippen LogP contribution >= 0.6 is 0 Å². The van der Waals surface area contributed by atoms with Gasteiger partial charge in [-0.1, -0.05) is 6.92 Å². The van der Waals surface area contributed by atoms with Gasteiger partial charge in [0, 0.05) is 0 Å². The highest BCUT2D eigenvalue weighted by Crippen LogP contribution is 2.26. The lowest BCUT2D eigenvalue weighted by molar-refractivity contribution is -0.129. The second-order valence-corrected chi connectivity index (χ2v) is 7.34. The van der Waals surface area contributed by atoms with Gasteiger partial charge in [-0.3, -0.25) is 4.79 Å². The lowest BCUT2D eigenvalue weighted by Crippen LogP contribution is -2.51. The lowest BCUT2D eigenvalue weighted by Gasteiger charge is -2.28. The summed E-state index contributed by atoms with van der Waals surface area (Å²) in [5.74, 6) is -0.335. The van der Waals surface area contributed by atoms with E-state index < -0.39 is 20.8 Å². The zero-order valence-electron chi connectivity index (χ0n) is 10.4. The van der Waals surface area contributed by atoms with Crippen LogP contribution in [0.4, 0.5) is 0 Å². The second-order valence-electron chi connectivity index (χ2n) is 5.15. The van der Waals surface area contributed by atoms with E-state index >= 15 is 0 Å². The van der Waals surface area contributed by atoms with Crippen LogP contribution in [-0.2, 0) is 14.6 Å². The first-order valence-electron chi connectivity index (χ1n) is 5.61. The molecule has 0 aromatic rings. The Bertz CT molecular complexity index is 466. The molecule has 0 spiro atoms. The van der Waals surface area contributed by atoms with Gasteiger partial charge in [0.2, 0.25) is 5.91 Å². The molecule has 1 fully saturated rings. The van der Waals surface area contributed by atoms with Gasteiger partial charge in [0.05, 0.1) is 23.1 Å². The summed E-state index contributed by atoms with van der Waals surface area (Å²) < 4.78 is 22.8. The van der Waals surface area contributed by atoms with Crippen LogP contribution in [0.25, 0.3) is 0 Å². The summed E-state index contributed by atoms with van der Waals surface area (Å²) in [5, 5.41) is 11.7. The Hall–Kier alpha value is -1.09. The molecule has 2 atom stereocenters. The molecular weight excluding hydrogens is 240 g/mol. The minimum atomic E-state index is -3.06. The van der Waals surface area contributed by atoms with Crippen molar-refractivity contribution in [1.82, 2.24) is 5.32 Å². The minimum absolute atomic E-state index is 0.0447. The van der Waals surface area contributed by atoms with Crippen molar-refractivity contribution in [3.8, 4) is 6.07 Å². The number of sulfone groups is 1. The van der Waals surface area contributed by atoms with Gasteiger partial charge in [-0.05, 0) is 26.7 Å². The predicted octanol–water partition coefficient (Wildman–Crippen LogP) is 0.620. The van der Waals surface area contributed by atoms with E-state index in [1.54, 1.807) is 20.8 Å². The summed E-state index contributed by atoms with van der Waals surface area (Å²) >= 11 is 0. The third-order valence-corrected chi connectivity index (χ3v) is 5.28. The molecule has 1 amide bonds. The predicted molar refractivity (Wildman–Crippen MR) is 63.8 cm³/mol. The molecule has 1 aliphatic rings. The SMILES string of the molecule is CCC(C)(C#N)C(=O)NC1(C)CCS(=O)(=O)C1. The van der Waals surface area contributed by atoms with E-state index in [1.165, 1.54) is 0 Å². The van der Waals surface area contributed by atoms with Crippen molar-refractivity contribution < 1.29 is 13.2 Å². The van der Waals surface area contributed by atoms with Crippen LogP contribution in [0.2, 0.25) is 0 Å². The van der Waals surface area contributed by atoms with Crippen LogP contribution in [0.15, 0.2) is 0 Å². The molecular formula is C11H18N2O3S. The zero-order valence-corrected chi connectivity index (χ0v) is 11.2. The Morgan fingerprint density at radius 1 is 1.59 bits per heavy atom. The van der Waals surface area contributed by atoms with Crippen molar-refractivity contribution in [2.24, 2.45) is 5.41 Å². The van der Waals surface area contributed by atoms with Crippen molar-refractivity contribution in [2.75, 3.05) is 11.5 Å². The molecule has 6 heteroatoms. The van der Waals surface area contributed by atoms with Gasteiger partial charge in [0.15, 0.2) is 9.84 Å². The fourth-order valence-electron chi connectivity index (χ4n) is 1.81. The maximum Gasteiger partial charge on any atom is 0.240 e. The van der Waals surface area contributed by atoms with Crippen molar-refractivity contribution >= 4 is 15.7 Å². The fourth-order valence-corrected chi connectivity index (χ4v) is 3.90. The topological polar surface area (TPSA) is 87.0 Å². The van der Waals surface area contributed by atoms with Crippen LogP contribution < -0.4 is 5.32 Å². The zero-order chi connectivity index (χ0) is 13.3. The molecule has 1 saturated heterocycles. The van der Waals surface area contributed by atoms with Gasteiger partial charge in [0.1, 0.15) is 5.41 Å². The van der Waals surface area contributed by atoms with Gasteiger partial charge < -0.3 is 5.32 Å². The third-order valence-electron chi connectivity index (χ3n) is 3.37. The molecule has 0 aromatic carbocycles. The summed E-state index contributed by atoms with van der Waals surface area (Å²) in [6, 6.07) is 1.98. The summed E-state index contributed by atoms with van der Waals surface area (Å²) in [5.41, 5.74) is -1.82. The van der Waals surface area contributed by atoms with Crippen LogP contribution in [0.5, 0.6) is 0 Å². The Morgan fingerprint density at radius 2 is 2.18 bits per heavy atom. The highest BCUT2D eigenvalue weighted by atomic mass is 32.2. The van der Waals surface area contributed by atoms with Crippen molar-refractivity contribution in [3.63, 3.8) is 0 Å². The van der Waals surface area contributed by atoms with Crippen LogP contribution in [-0.4, -0.2) is 31.4 Å². The summed E-state index contributed by atoms with van der Waals surface area (Å²) in [7, 11) is -3.06. The minimum Gasteiger partial charge on any atom is -0.349 e. The van der Waals surface area contributed by atoms with Crippen molar-refractivity contribution in [1.29, 1.82) is 5.26 Å². The molecule has 96 valence electrons. The van der Waals surface area contributed by atoms with E-state index in [0.717, 1.165) is 0 Å². The lowest BCUT2D eigenvalue weighted by atomic mass is 9.87. The van der Waals surface area contributed by atoms with E-state index in [0.29, 0.717) is 12.8 Å². The van der Waals surface area contributed by atoms with E-state index in [9.17, 15) is 13.2 Å². The number of nitrogens with zero attached hydrogens (tertiary/aromatic N) is 1. The average molecular weight is 258 g/mol. The second kappa shape index (κ2) is 4.30. The Balaban J connectivity index is 2.81. The number of nitrogens with one attached hydrogen (secondary N) is 1. The maximum atomic E-state index is 12.0. The number of hydrogen-bond acceptors (Lipinski definition) is 4. The molecule has 1 N–H and O–H groups in total. The number of amides is 1. The Labute approximate surface area is 102 Å². The Kier molecular flexibility index (Phi) is 3.53. The number of hydrogen-bond donors (Lipinski definition) is 1. The summed E-state index contributed by atoms with van der Waals surface area (Å²) in [6.07, 6.45) is 0.810. The van der Waals surface area contributed by atoms with E-state index in [-0.39, 0.29) is 17.4 Å². The summed E-state index contributed by atoms with van der Waals surface area (Å²) in [4.78, 5) is 12.0. The molecule has 0 saturated carbocycles. The molecule has 17 heavy (non-hydrogen) atoms. The molecule has 0 aromatic heterocycles. The normalized spacial score (nSPS) is 30.2. The smallest absolute Gasteiger partial charge is 0.240 e. The van der Waals surface area contributed by atoms with E-state index in [4.69, 9.17) is 5.26 Å². The number of carbonyl (C=O) groups excluding carboxylic acids is 1. The quantitative estimate of drug-likeness (QED) is 0.804. The van der Waals surface area contributed by atoms with E-state index in [2.05, 4.69) is 5.32 Å². The van der Waals surface area contributed by atoms with Crippen molar-refractivity contribution in [2.45, 2.75) is 39.2 Å². The van der Waals surface area contributed by atoms with Gasteiger partial charge in [-0.2, -0.15) is 5.26 Å². The largest absolute Gasteiger partial charge is 0.349 e. The van der Waals surface area contributed by atoms with Crippen LogP contribution in [0.3, 0.4) is 0 Å². The molecule has 1 rings (SSSR count). The van der Waals surface area contributed by atoms with Gasteiger partial charge in [-0.15, -0.1) is 0 Å². The number of carbonyl (C=O) groups is 1. The highest BCUT2D eigenvalue weighted by molar-refractivity contribution is 7.91. The summed E-state index contributed by atoms with van der Waals surface area (Å²) in [6.45, 7) is 5.04. The number of rotatable bonds is 3. The molecule has 0 radical (unpaired) electrons. The van der Waals surface area contributed by atoms with Gasteiger partial charge in [-0.25, -0.2) is 8.42 Å². The van der Waals surface area contributed by atoms with Crippen LogP contribution in [0, 0.1) is 16.7 Å². The first-order valence-corrected chi connectivity index (χ1v) is 7.43. The Morgan fingerprint density at radius 3 is 2.53 bits per heavy atom. The number of nitriles is 1. The first-order chi connectivity index (χ1) is 7.66. The fraction of sp³-hybridized carbons (Fsp3) is 0.818.